The number of ether oxygens (including phenoxy) is 1. The van der Waals surface area contributed by atoms with Gasteiger partial charge in [0.25, 0.3) is 0 Å². The van der Waals surface area contributed by atoms with Gasteiger partial charge < -0.3 is 4.74 Å². The largest absolute Gasteiger partial charge is 0.464 e. The number of carbonyl (C=O) groups excluding carboxylic acids is 1. The van der Waals surface area contributed by atoms with E-state index in [9.17, 15) is 4.79 Å². The zero-order valence-corrected chi connectivity index (χ0v) is 12.2. The van der Waals surface area contributed by atoms with Gasteiger partial charge in [-0.2, -0.15) is 0 Å². The first kappa shape index (κ1) is 14.1. The van der Waals surface area contributed by atoms with E-state index in [1.807, 2.05) is 6.92 Å². The zero-order chi connectivity index (χ0) is 14.0. The van der Waals surface area contributed by atoms with Gasteiger partial charge in [0, 0.05) is 6.04 Å². The van der Waals surface area contributed by atoms with Gasteiger partial charge in [-0.1, -0.05) is 23.8 Å². The van der Waals surface area contributed by atoms with Crippen molar-refractivity contribution in [3.05, 3.63) is 34.9 Å². The summed E-state index contributed by atoms with van der Waals surface area (Å²) in [6.45, 7) is 8.46. The highest BCUT2D eigenvalue weighted by molar-refractivity contribution is 5.84. The zero-order valence-electron chi connectivity index (χ0n) is 12.2. The van der Waals surface area contributed by atoms with Gasteiger partial charge in [0.05, 0.1) is 6.61 Å². The van der Waals surface area contributed by atoms with Crippen molar-refractivity contribution in [2.45, 2.75) is 52.1 Å². The van der Waals surface area contributed by atoms with E-state index in [1.165, 1.54) is 11.1 Å². The molecule has 0 bridgehead atoms. The van der Waals surface area contributed by atoms with Crippen molar-refractivity contribution < 1.29 is 9.53 Å². The molecule has 1 unspecified atom stereocenters. The lowest BCUT2D eigenvalue weighted by Crippen LogP contribution is -2.51. The van der Waals surface area contributed by atoms with Gasteiger partial charge in [-0.05, 0) is 51.7 Å². The lowest BCUT2D eigenvalue weighted by molar-refractivity contribution is -0.152. The van der Waals surface area contributed by atoms with Crippen LogP contribution < -0.4 is 5.32 Å². The first-order valence-corrected chi connectivity index (χ1v) is 7.04. The van der Waals surface area contributed by atoms with Gasteiger partial charge >= 0.3 is 5.97 Å². The summed E-state index contributed by atoms with van der Waals surface area (Å²) in [5.41, 5.74) is 2.87. The molecular weight excluding hydrogens is 238 g/mol. The van der Waals surface area contributed by atoms with Gasteiger partial charge in [0.15, 0.2) is 0 Å². The third-order valence-corrected chi connectivity index (χ3v) is 3.65. The Morgan fingerprint density at radius 2 is 2.21 bits per heavy atom. The van der Waals surface area contributed by atoms with Crippen LogP contribution in [0.2, 0.25) is 0 Å². The highest BCUT2D eigenvalue weighted by Gasteiger charge is 2.46. The average molecular weight is 261 g/mol. The Bertz CT molecular complexity index is 482. The van der Waals surface area contributed by atoms with Crippen LogP contribution in [0.25, 0.3) is 0 Å². The molecule has 0 saturated heterocycles. The summed E-state index contributed by atoms with van der Waals surface area (Å²) in [6, 6.07) is 6.59. The van der Waals surface area contributed by atoms with Gasteiger partial charge in [-0.25, -0.2) is 4.79 Å². The maximum atomic E-state index is 12.5. The minimum atomic E-state index is -0.661. The van der Waals surface area contributed by atoms with Gasteiger partial charge in [0.2, 0.25) is 0 Å². The van der Waals surface area contributed by atoms with E-state index in [4.69, 9.17) is 4.74 Å². The number of fused-ring (bicyclic) bond motifs is 1. The normalized spacial score (nSPS) is 21.5. The molecule has 1 N–H and O–H groups in total. The van der Waals surface area contributed by atoms with Crippen LogP contribution in [0.5, 0.6) is 0 Å². The number of hydrogen-bond donors (Lipinski definition) is 1. The van der Waals surface area contributed by atoms with Crippen molar-refractivity contribution in [3.8, 4) is 0 Å². The monoisotopic (exact) mass is 261 g/mol. The minimum Gasteiger partial charge on any atom is -0.464 e. The molecule has 0 radical (unpaired) electrons. The van der Waals surface area contributed by atoms with E-state index in [2.05, 4.69) is 44.3 Å². The molecule has 0 spiro atoms. The topological polar surface area (TPSA) is 38.3 Å². The average Bonchev–Trinajstić information content (AvgIpc) is 2.69. The van der Waals surface area contributed by atoms with E-state index in [0.29, 0.717) is 6.61 Å². The summed E-state index contributed by atoms with van der Waals surface area (Å²) < 4.78 is 5.33. The number of nitrogens with one attached hydrogen (secondary N) is 1. The van der Waals surface area contributed by atoms with Crippen molar-refractivity contribution in [2.24, 2.45) is 0 Å². The molecule has 1 aliphatic rings. The van der Waals surface area contributed by atoms with Crippen LogP contribution in [0.4, 0.5) is 0 Å². The number of hydrogen-bond acceptors (Lipinski definition) is 3. The number of carbonyl (C=O) groups is 1. The molecular formula is C16H23NO2. The van der Waals surface area contributed by atoms with Gasteiger partial charge in [0.1, 0.15) is 5.54 Å². The van der Waals surface area contributed by atoms with Gasteiger partial charge in [-0.15, -0.1) is 0 Å². The van der Waals surface area contributed by atoms with Crippen LogP contribution in [-0.2, 0) is 21.5 Å². The van der Waals surface area contributed by atoms with Crippen molar-refractivity contribution in [1.82, 2.24) is 5.32 Å². The summed E-state index contributed by atoms with van der Waals surface area (Å²) >= 11 is 0. The lowest BCUT2D eigenvalue weighted by Gasteiger charge is -2.31. The van der Waals surface area contributed by atoms with Crippen LogP contribution in [0.15, 0.2) is 18.2 Å². The summed E-state index contributed by atoms with van der Waals surface area (Å²) in [6.07, 6.45) is 1.71. The number of aryl methyl sites for hydroxylation is 2. The molecule has 3 nitrogen and oxygen atoms in total. The second kappa shape index (κ2) is 5.33. The maximum Gasteiger partial charge on any atom is 0.331 e. The summed E-state index contributed by atoms with van der Waals surface area (Å²) in [5.74, 6) is -0.145. The SMILES string of the molecule is CCOC(=O)C1(NC(C)C)CCc2ccc(C)cc21. The van der Waals surface area contributed by atoms with Crippen molar-refractivity contribution in [1.29, 1.82) is 0 Å². The molecule has 0 aliphatic heterocycles. The maximum absolute atomic E-state index is 12.5. The Kier molecular flexibility index (Phi) is 3.95. The Morgan fingerprint density at radius 1 is 1.47 bits per heavy atom. The second-order valence-electron chi connectivity index (χ2n) is 5.59. The van der Waals surface area contributed by atoms with Crippen molar-refractivity contribution in [2.75, 3.05) is 6.61 Å². The fourth-order valence-corrected chi connectivity index (χ4v) is 2.93. The highest BCUT2D eigenvalue weighted by Crippen LogP contribution is 2.39. The van der Waals surface area contributed by atoms with E-state index in [1.54, 1.807) is 0 Å². The Labute approximate surface area is 115 Å². The quantitative estimate of drug-likeness (QED) is 0.847. The Morgan fingerprint density at radius 3 is 2.84 bits per heavy atom. The van der Waals surface area contributed by atoms with Crippen molar-refractivity contribution >= 4 is 5.97 Å². The molecule has 3 heteroatoms. The minimum absolute atomic E-state index is 0.145. The summed E-state index contributed by atoms with van der Waals surface area (Å²) in [7, 11) is 0. The molecule has 19 heavy (non-hydrogen) atoms. The van der Waals surface area contributed by atoms with Crippen LogP contribution in [0.1, 0.15) is 43.9 Å². The van der Waals surface area contributed by atoms with Gasteiger partial charge in [-0.3, -0.25) is 5.32 Å². The van der Waals surface area contributed by atoms with Crippen LogP contribution >= 0.6 is 0 Å². The number of benzene rings is 1. The fraction of sp³-hybridized carbons (Fsp3) is 0.562. The predicted octanol–water partition coefficient (Wildman–Crippen LogP) is 2.70. The third-order valence-electron chi connectivity index (χ3n) is 3.65. The summed E-state index contributed by atoms with van der Waals surface area (Å²) in [4.78, 5) is 12.5. The molecule has 0 fully saturated rings. The first-order valence-electron chi connectivity index (χ1n) is 7.04. The third kappa shape index (κ3) is 2.52. The first-order chi connectivity index (χ1) is 8.99. The van der Waals surface area contributed by atoms with Crippen molar-refractivity contribution in [3.63, 3.8) is 0 Å². The number of rotatable bonds is 4. The molecule has 0 saturated carbocycles. The molecule has 0 aromatic heterocycles. The molecule has 2 rings (SSSR count). The van der Waals surface area contributed by atoms with Crippen LogP contribution in [0, 0.1) is 6.92 Å². The molecule has 1 aromatic carbocycles. The molecule has 0 amide bonds. The molecule has 1 aromatic rings. The van der Waals surface area contributed by atoms with E-state index in [-0.39, 0.29) is 12.0 Å². The highest BCUT2D eigenvalue weighted by atomic mass is 16.5. The predicted molar refractivity (Wildman–Crippen MR) is 76.1 cm³/mol. The van der Waals surface area contributed by atoms with E-state index < -0.39 is 5.54 Å². The summed E-state index contributed by atoms with van der Waals surface area (Å²) in [5, 5.41) is 3.45. The standard InChI is InChI=1S/C16H23NO2/c1-5-19-15(18)16(17-11(2)3)9-8-13-7-6-12(4)10-14(13)16/h6-7,10-11,17H,5,8-9H2,1-4H3. The number of esters is 1. The smallest absolute Gasteiger partial charge is 0.331 e. The van der Waals surface area contributed by atoms with Crippen LogP contribution in [-0.4, -0.2) is 18.6 Å². The lowest BCUT2D eigenvalue weighted by atomic mass is 9.90. The fourth-order valence-electron chi connectivity index (χ4n) is 2.93. The second-order valence-corrected chi connectivity index (χ2v) is 5.59. The molecule has 1 atom stereocenters. The Balaban J connectivity index is 2.47. The molecule has 104 valence electrons. The van der Waals surface area contributed by atoms with E-state index in [0.717, 1.165) is 18.4 Å². The Hall–Kier alpha value is -1.35. The molecule has 1 aliphatic carbocycles. The molecule has 0 heterocycles. The van der Waals surface area contributed by atoms with E-state index >= 15 is 0 Å². The van der Waals surface area contributed by atoms with Crippen LogP contribution in [0.3, 0.4) is 0 Å².